The summed E-state index contributed by atoms with van der Waals surface area (Å²) in [4.78, 5) is 38.8. The van der Waals surface area contributed by atoms with Crippen molar-refractivity contribution in [1.29, 1.82) is 0 Å². The quantitative estimate of drug-likeness (QED) is 0.292. The van der Waals surface area contributed by atoms with E-state index >= 15 is 0 Å². The van der Waals surface area contributed by atoms with Crippen molar-refractivity contribution < 1.29 is 19.2 Å². The molecule has 0 aliphatic carbocycles. The Labute approximate surface area is 149 Å². The number of benzene rings is 1. The summed E-state index contributed by atoms with van der Waals surface area (Å²) < 4.78 is 4.53. The number of rotatable bonds is 4. The van der Waals surface area contributed by atoms with E-state index in [1.54, 1.807) is 26.0 Å². The van der Waals surface area contributed by atoms with Crippen LogP contribution in [0.2, 0.25) is 0 Å². The number of primary amides is 1. The van der Waals surface area contributed by atoms with Crippen LogP contribution in [0.5, 0.6) is 0 Å². The number of hydrogen-bond acceptors (Lipinski definition) is 6. The fourth-order valence-corrected chi connectivity index (χ4v) is 3.18. The minimum absolute atomic E-state index is 0.0314. The molecule has 0 bridgehead atoms. The van der Waals surface area contributed by atoms with Crippen molar-refractivity contribution >= 4 is 23.5 Å². The van der Waals surface area contributed by atoms with E-state index in [2.05, 4.69) is 15.6 Å². The highest BCUT2D eigenvalue weighted by Crippen LogP contribution is 2.43. The Hall–Kier alpha value is -3.47. The number of terminal acetylenes is 1. The first kappa shape index (κ1) is 18.9. The van der Waals surface area contributed by atoms with Crippen molar-refractivity contribution in [3.63, 3.8) is 0 Å². The molecular weight excluding hydrogens is 338 g/mol. The number of para-hydroxylation sites is 1. The van der Waals surface area contributed by atoms with Crippen LogP contribution in [0, 0.1) is 28.4 Å². The highest BCUT2D eigenvalue weighted by atomic mass is 16.6. The Morgan fingerprint density at radius 3 is 2.62 bits per heavy atom. The summed E-state index contributed by atoms with van der Waals surface area (Å²) in [5.74, 6) is 0.286. The van der Waals surface area contributed by atoms with E-state index < -0.39 is 28.8 Å². The summed E-state index contributed by atoms with van der Waals surface area (Å²) in [7, 11) is 0. The van der Waals surface area contributed by atoms with E-state index in [9.17, 15) is 19.7 Å². The van der Waals surface area contributed by atoms with Gasteiger partial charge in [0.2, 0.25) is 0 Å². The van der Waals surface area contributed by atoms with Crippen LogP contribution in [0.3, 0.4) is 0 Å². The van der Waals surface area contributed by atoms with E-state index in [1.165, 1.54) is 12.1 Å². The molecule has 0 aromatic heterocycles. The van der Waals surface area contributed by atoms with Gasteiger partial charge in [0.15, 0.2) is 0 Å². The SMILES string of the molecule is C#CCC1C(C)=NC(C)=C(C(=O)OC(N)=O)C1c1ccccc1[N+](=O)[O-]. The molecule has 2 unspecified atom stereocenters. The summed E-state index contributed by atoms with van der Waals surface area (Å²) in [5.41, 5.74) is 6.05. The van der Waals surface area contributed by atoms with Crippen molar-refractivity contribution in [3.05, 3.63) is 51.2 Å². The zero-order valence-electron chi connectivity index (χ0n) is 14.3. The molecule has 0 saturated carbocycles. The van der Waals surface area contributed by atoms with Gasteiger partial charge in [0, 0.05) is 41.3 Å². The Morgan fingerprint density at radius 2 is 2.04 bits per heavy atom. The lowest BCUT2D eigenvalue weighted by Crippen LogP contribution is -2.32. The molecule has 1 amide bonds. The predicted octanol–water partition coefficient (Wildman–Crippen LogP) is 2.69. The van der Waals surface area contributed by atoms with Crippen molar-refractivity contribution in [2.75, 3.05) is 0 Å². The highest BCUT2D eigenvalue weighted by molar-refractivity contribution is 6.01. The van der Waals surface area contributed by atoms with Crippen LogP contribution in [0.25, 0.3) is 0 Å². The maximum Gasteiger partial charge on any atom is 0.412 e. The van der Waals surface area contributed by atoms with E-state index in [0.717, 1.165) is 0 Å². The number of nitrogens with zero attached hydrogens (tertiary/aromatic N) is 2. The van der Waals surface area contributed by atoms with E-state index in [1.807, 2.05) is 0 Å². The second-order valence-electron chi connectivity index (χ2n) is 5.77. The van der Waals surface area contributed by atoms with E-state index in [0.29, 0.717) is 17.0 Å². The van der Waals surface area contributed by atoms with Crippen LogP contribution < -0.4 is 5.73 Å². The number of carbonyl (C=O) groups is 2. The number of allylic oxidation sites excluding steroid dienone is 1. The molecule has 8 heteroatoms. The molecule has 1 aromatic rings. The summed E-state index contributed by atoms with van der Waals surface area (Å²) in [6.45, 7) is 3.30. The molecule has 1 heterocycles. The van der Waals surface area contributed by atoms with Gasteiger partial charge in [-0.05, 0) is 13.8 Å². The van der Waals surface area contributed by atoms with Crippen LogP contribution in [-0.2, 0) is 9.53 Å². The Balaban J connectivity index is 2.72. The third-order valence-electron chi connectivity index (χ3n) is 4.20. The average molecular weight is 355 g/mol. The molecular formula is C18H17N3O5. The highest BCUT2D eigenvalue weighted by Gasteiger charge is 2.40. The number of carbonyl (C=O) groups excluding carboxylic acids is 2. The third-order valence-corrected chi connectivity index (χ3v) is 4.20. The van der Waals surface area contributed by atoms with Gasteiger partial charge < -0.3 is 10.5 Å². The van der Waals surface area contributed by atoms with Gasteiger partial charge in [-0.2, -0.15) is 0 Å². The molecule has 8 nitrogen and oxygen atoms in total. The fraction of sp³-hybridized carbons (Fsp3) is 0.278. The largest absolute Gasteiger partial charge is 0.412 e. The van der Waals surface area contributed by atoms with Crippen molar-refractivity contribution in [1.82, 2.24) is 0 Å². The number of aliphatic imine (C=N–C) groups is 1. The summed E-state index contributed by atoms with van der Waals surface area (Å²) in [5, 5.41) is 11.5. The van der Waals surface area contributed by atoms with Crippen molar-refractivity contribution in [2.24, 2.45) is 16.6 Å². The molecule has 2 N–H and O–H groups in total. The monoisotopic (exact) mass is 355 g/mol. The molecule has 1 aromatic carbocycles. The Kier molecular flexibility index (Phi) is 5.52. The van der Waals surface area contributed by atoms with Crippen molar-refractivity contribution in [2.45, 2.75) is 26.2 Å². The van der Waals surface area contributed by atoms with Gasteiger partial charge in [0.25, 0.3) is 5.69 Å². The number of ether oxygens (including phenoxy) is 1. The lowest BCUT2D eigenvalue weighted by molar-refractivity contribution is -0.385. The van der Waals surface area contributed by atoms with Crippen LogP contribution in [0.4, 0.5) is 10.5 Å². The van der Waals surface area contributed by atoms with Crippen LogP contribution in [0.15, 0.2) is 40.5 Å². The van der Waals surface area contributed by atoms with Gasteiger partial charge in [-0.1, -0.05) is 18.2 Å². The minimum atomic E-state index is -1.27. The molecule has 2 atom stereocenters. The topological polar surface area (TPSA) is 125 Å². The molecule has 26 heavy (non-hydrogen) atoms. The number of hydrogen-bond donors (Lipinski definition) is 1. The lowest BCUT2D eigenvalue weighted by Gasteiger charge is -2.31. The van der Waals surface area contributed by atoms with Crippen LogP contribution >= 0.6 is 0 Å². The molecule has 0 radical (unpaired) electrons. The maximum absolute atomic E-state index is 12.5. The zero-order valence-corrected chi connectivity index (χ0v) is 14.3. The molecule has 1 aliphatic rings. The van der Waals surface area contributed by atoms with Gasteiger partial charge >= 0.3 is 12.1 Å². The van der Waals surface area contributed by atoms with Gasteiger partial charge in [0.1, 0.15) is 0 Å². The second kappa shape index (κ2) is 7.61. The Morgan fingerprint density at radius 1 is 1.38 bits per heavy atom. The smallest absolute Gasteiger partial charge is 0.373 e. The predicted molar refractivity (Wildman–Crippen MR) is 94.3 cm³/mol. The first-order chi connectivity index (χ1) is 12.3. The summed E-state index contributed by atoms with van der Waals surface area (Å²) >= 11 is 0. The second-order valence-corrected chi connectivity index (χ2v) is 5.77. The third kappa shape index (κ3) is 3.62. The lowest BCUT2D eigenvalue weighted by atomic mass is 9.74. The van der Waals surface area contributed by atoms with Gasteiger partial charge in [0.05, 0.1) is 10.5 Å². The fourth-order valence-electron chi connectivity index (χ4n) is 3.18. The van der Waals surface area contributed by atoms with Gasteiger partial charge in [-0.25, -0.2) is 9.59 Å². The summed E-state index contributed by atoms with van der Waals surface area (Å²) in [6, 6.07) is 6.05. The number of nitro benzene ring substituents is 1. The van der Waals surface area contributed by atoms with E-state index in [4.69, 9.17) is 12.2 Å². The number of nitro groups is 1. The molecule has 1 aliphatic heterocycles. The molecule has 0 spiro atoms. The molecule has 134 valence electrons. The number of amides is 1. The van der Waals surface area contributed by atoms with Crippen molar-refractivity contribution in [3.8, 4) is 12.3 Å². The van der Waals surface area contributed by atoms with Gasteiger partial charge in [-0.3, -0.25) is 15.1 Å². The minimum Gasteiger partial charge on any atom is -0.373 e. The molecule has 2 rings (SSSR count). The summed E-state index contributed by atoms with van der Waals surface area (Å²) in [6.07, 6.45) is 4.39. The zero-order chi connectivity index (χ0) is 19.4. The first-order valence-corrected chi connectivity index (χ1v) is 7.72. The van der Waals surface area contributed by atoms with Gasteiger partial charge in [-0.15, -0.1) is 12.3 Å². The Bertz CT molecular complexity index is 879. The average Bonchev–Trinajstić information content (AvgIpc) is 2.56. The van der Waals surface area contributed by atoms with E-state index in [-0.39, 0.29) is 17.7 Å². The maximum atomic E-state index is 12.5. The molecule has 0 fully saturated rings. The molecule has 0 saturated heterocycles. The first-order valence-electron chi connectivity index (χ1n) is 7.72. The normalized spacial score (nSPS) is 19.3. The standard InChI is InChI=1S/C18H17N3O5/c1-4-7-12-10(2)20-11(3)15(17(22)26-18(19)23)16(12)13-8-5-6-9-14(13)21(24)25/h1,5-6,8-9,12,16H,7H2,2-3H3,(H2,19,23). The number of esters is 1. The van der Waals surface area contributed by atoms with Crippen LogP contribution in [0.1, 0.15) is 31.7 Å². The van der Waals surface area contributed by atoms with Crippen LogP contribution in [-0.4, -0.2) is 22.7 Å². The number of nitrogens with two attached hydrogens (primary N) is 1.